The fraction of sp³-hybridized carbons (Fsp3) is 0.500. The fourth-order valence-electron chi connectivity index (χ4n) is 0.689. The van der Waals surface area contributed by atoms with Gasteiger partial charge in [0.2, 0.25) is 0 Å². The molecule has 0 aliphatic rings. The van der Waals surface area contributed by atoms with Crippen LogP contribution in [0.1, 0.15) is 20.3 Å². The summed E-state index contributed by atoms with van der Waals surface area (Å²) in [6.45, 7) is 7.67. The van der Waals surface area contributed by atoms with E-state index in [1.807, 2.05) is 6.92 Å². The molecule has 0 saturated carbocycles. The van der Waals surface area contributed by atoms with Crippen molar-refractivity contribution in [2.24, 2.45) is 11.5 Å². The molecule has 0 heterocycles. The van der Waals surface area contributed by atoms with E-state index in [0.717, 1.165) is 12.2 Å². The van der Waals surface area contributed by atoms with Gasteiger partial charge in [-0.05, 0) is 6.92 Å². The molecule has 0 amide bonds. The van der Waals surface area contributed by atoms with Crippen LogP contribution in [-0.4, -0.2) is 6.54 Å². The van der Waals surface area contributed by atoms with Crippen molar-refractivity contribution < 1.29 is 4.74 Å². The molecule has 0 aliphatic carbocycles. The summed E-state index contributed by atoms with van der Waals surface area (Å²) in [6.07, 6.45) is 0.746. The second-order valence-electron chi connectivity index (χ2n) is 2.31. The third-order valence-corrected chi connectivity index (χ3v) is 1.20. The van der Waals surface area contributed by atoms with Gasteiger partial charge in [0.25, 0.3) is 0 Å². The highest BCUT2D eigenvalue weighted by Gasteiger charge is 2.00. The van der Waals surface area contributed by atoms with Crippen LogP contribution in [0.5, 0.6) is 0 Å². The molecule has 11 heavy (non-hydrogen) atoms. The van der Waals surface area contributed by atoms with E-state index in [9.17, 15) is 0 Å². The summed E-state index contributed by atoms with van der Waals surface area (Å²) in [5, 5.41) is 0. The second kappa shape index (κ2) is 4.79. The minimum absolute atomic E-state index is 0.330. The second-order valence-corrected chi connectivity index (χ2v) is 2.31. The van der Waals surface area contributed by atoms with Crippen LogP contribution in [-0.2, 0) is 4.74 Å². The van der Waals surface area contributed by atoms with Crippen LogP contribution in [0.4, 0.5) is 0 Å². The van der Waals surface area contributed by atoms with Crippen molar-refractivity contribution >= 4 is 0 Å². The van der Waals surface area contributed by atoms with Crippen LogP contribution >= 0.6 is 0 Å². The minimum atomic E-state index is 0.330. The predicted molar refractivity (Wildman–Crippen MR) is 46.5 cm³/mol. The molecule has 0 bridgehead atoms. The van der Waals surface area contributed by atoms with Crippen LogP contribution in [0, 0.1) is 0 Å². The summed E-state index contributed by atoms with van der Waals surface area (Å²) in [6, 6.07) is 0. The van der Waals surface area contributed by atoms with Crippen molar-refractivity contribution in [3.8, 4) is 0 Å². The molecular formula is C8H16N2O. The first kappa shape index (κ1) is 10.0. The molecule has 0 aromatic carbocycles. The molecule has 0 unspecified atom stereocenters. The molecule has 4 N–H and O–H groups in total. The molecule has 3 heteroatoms. The maximum absolute atomic E-state index is 5.56. The first-order valence-corrected chi connectivity index (χ1v) is 3.62. The highest BCUT2D eigenvalue weighted by Crippen LogP contribution is 2.09. The highest BCUT2D eigenvalue weighted by molar-refractivity contribution is 5.07. The number of hydrogen-bond donors (Lipinski definition) is 2. The smallest absolute Gasteiger partial charge is 0.123 e. The van der Waals surface area contributed by atoms with Gasteiger partial charge in [0, 0.05) is 13.0 Å². The SMILES string of the molecule is C=C(C)O/C(CC)=C(\N)CN. The Morgan fingerprint density at radius 2 is 2.09 bits per heavy atom. The van der Waals surface area contributed by atoms with Gasteiger partial charge in [-0.3, -0.25) is 0 Å². The Bertz CT molecular complexity index is 173. The van der Waals surface area contributed by atoms with Crippen molar-refractivity contribution in [3.05, 3.63) is 23.8 Å². The van der Waals surface area contributed by atoms with Crippen LogP contribution < -0.4 is 11.5 Å². The van der Waals surface area contributed by atoms with Gasteiger partial charge in [-0.2, -0.15) is 0 Å². The van der Waals surface area contributed by atoms with Crippen molar-refractivity contribution in [1.29, 1.82) is 0 Å². The number of nitrogens with two attached hydrogens (primary N) is 2. The van der Waals surface area contributed by atoms with Gasteiger partial charge in [0.1, 0.15) is 5.76 Å². The molecule has 0 aromatic heterocycles. The molecule has 0 aliphatic heterocycles. The van der Waals surface area contributed by atoms with Crippen molar-refractivity contribution in [3.63, 3.8) is 0 Å². The molecule has 3 nitrogen and oxygen atoms in total. The maximum Gasteiger partial charge on any atom is 0.123 e. The Morgan fingerprint density at radius 3 is 2.36 bits per heavy atom. The quantitative estimate of drug-likeness (QED) is 0.599. The van der Waals surface area contributed by atoms with E-state index in [0.29, 0.717) is 18.0 Å². The van der Waals surface area contributed by atoms with Gasteiger partial charge in [0.05, 0.1) is 11.5 Å². The molecule has 0 spiro atoms. The molecular weight excluding hydrogens is 140 g/mol. The zero-order chi connectivity index (χ0) is 8.85. The third-order valence-electron chi connectivity index (χ3n) is 1.20. The van der Waals surface area contributed by atoms with E-state index in [-0.39, 0.29) is 0 Å². The average molecular weight is 156 g/mol. The monoisotopic (exact) mass is 156 g/mol. The molecule has 0 rings (SSSR count). The first-order chi connectivity index (χ1) is 5.11. The lowest BCUT2D eigenvalue weighted by molar-refractivity contribution is 0.291. The summed E-state index contributed by atoms with van der Waals surface area (Å²) in [7, 11) is 0. The van der Waals surface area contributed by atoms with Crippen LogP contribution in [0.2, 0.25) is 0 Å². The Kier molecular flexibility index (Phi) is 4.38. The molecule has 0 atom stereocenters. The number of hydrogen-bond acceptors (Lipinski definition) is 3. The topological polar surface area (TPSA) is 61.3 Å². The summed E-state index contributed by atoms with van der Waals surface area (Å²) in [5.74, 6) is 1.36. The lowest BCUT2D eigenvalue weighted by Gasteiger charge is -2.09. The zero-order valence-corrected chi connectivity index (χ0v) is 7.18. The zero-order valence-electron chi connectivity index (χ0n) is 7.18. The Hall–Kier alpha value is -0.960. The van der Waals surface area contributed by atoms with E-state index < -0.39 is 0 Å². The van der Waals surface area contributed by atoms with E-state index >= 15 is 0 Å². The molecule has 0 aromatic rings. The van der Waals surface area contributed by atoms with Gasteiger partial charge in [-0.25, -0.2) is 0 Å². The predicted octanol–water partition coefficient (Wildman–Crippen LogP) is 1.08. The van der Waals surface area contributed by atoms with Gasteiger partial charge >= 0.3 is 0 Å². The summed E-state index contributed by atoms with van der Waals surface area (Å²) < 4.78 is 5.23. The number of rotatable bonds is 4. The first-order valence-electron chi connectivity index (χ1n) is 3.62. The maximum atomic E-state index is 5.56. The molecule has 0 saturated heterocycles. The largest absolute Gasteiger partial charge is 0.465 e. The summed E-state index contributed by atoms with van der Waals surface area (Å²) in [5.41, 5.74) is 11.5. The van der Waals surface area contributed by atoms with Crippen molar-refractivity contribution in [2.45, 2.75) is 20.3 Å². The van der Waals surface area contributed by atoms with E-state index in [1.54, 1.807) is 6.92 Å². The summed E-state index contributed by atoms with van der Waals surface area (Å²) in [4.78, 5) is 0. The summed E-state index contributed by atoms with van der Waals surface area (Å²) >= 11 is 0. The van der Waals surface area contributed by atoms with E-state index in [4.69, 9.17) is 16.2 Å². The Labute approximate surface area is 67.7 Å². The van der Waals surface area contributed by atoms with Crippen molar-refractivity contribution in [1.82, 2.24) is 0 Å². The van der Waals surface area contributed by atoms with Gasteiger partial charge in [-0.15, -0.1) is 0 Å². The average Bonchev–Trinajstić information content (AvgIpc) is 1.98. The van der Waals surface area contributed by atoms with E-state index in [1.165, 1.54) is 0 Å². The fourth-order valence-corrected chi connectivity index (χ4v) is 0.689. The number of ether oxygens (including phenoxy) is 1. The van der Waals surface area contributed by atoms with Gasteiger partial charge in [0.15, 0.2) is 0 Å². The van der Waals surface area contributed by atoms with E-state index in [2.05, 4.69) is 6.58 Å². The van der Waals surface area contributed by atoms with Gasteiger partial charge < -0.3 is 16.2 Å². The van der Waals surface area contributed by atoms with Crippen LogP contribution in [0.25, 0.3) is 0 Å². The lowest BCUT2D eigenvalue weighted by Crippen LogP contribution is -2.14. The number of allylic oxidation sites excluding steroid dienone is 2. The standard InChI is InChI=1S/C8H16N2O/c1-4-8(7(10)5-9)11-6(2)3/h2,4-5,9-10H2,1,3H3/b8-7-. The normalized spacial score (nSPS) is 12.3. The van der Waals surface area contributed by atoms with Crippen LogP contribution in [0.15, 0.2) is 23.8 Å². The van der Waals surface area contributed by atoms with Crippen LogP contribution in [0.3, 0.4) is 0 Å². The molecule has 0 radical (unpaired) electrons. The van der Waals surface area contributed by atoms with Crippen molar-refractivity contribution in [2.75, 3.05) is 6.54 Å². The third kappa shape index (κ3) is 3.68. The van der Waals surface area contributed by atoms with Gasteiger partial charge in [-0.1, -0.05) is 13.5 Å². The Morgan fingerprint density at radius 1 is 1.55 bits per heavy atom. The highest BCUT2D eigenvalue weighted by atomic mass is 16.5. The molecule has 64 valence electrons. The molecule has 0 fully saturated rings. The minimum Gasteiger partial charge on any atom is -0.465 e. The lowest BCUT2D eigenvalue weighted by atomic mass is 10.3. The Balaban J connectivity index is 4.26.